The molecule has 2 fully saturated rings. The summed E-state index contributed by atoms with van der Waals surface area (Å²) in [6.07, 6.45) is 6.04. The van der Waals surface area contributed by atoms with Crippen molar-refractivity contribution in [1.29, 1.82) is 0 Å². The van der Waals surface area contributed by atoms with Crippen LogP contribution in [0.4, 0.5) is 0 Å². The Kier molecular flexibility index (Phi) is 5.20. The molecule has 0 spiro atoms. The van der Waals surface area contributed by atoms with Crippen molar-refractivity contribution in [2.45, 2.75) is 60.0 Å². The maximum absolute atomic E-state index is 12.8. The largest absolute Gasteiger partial charge is 0.462 e. The smallest absolute Gasteiger partial charge is 0.333 e. The van der Waals surface area contributed by atoms with Gasteiger partial charge in [-0.05, 0) is 55.2 Å². The van der Waals surface area contributed by atoms with Crippen LogP contribution in [0.3, 0.4) is 0 Å². The van der Waals surface area contributed by atoms with Crippen LogP contribution in [-0.2, 0) is 19.1 Å². The summed E-state index contributed by atoms with van der Waals surface area (Å²) >= 11 is 0. The molecular formula is C23H30O4. The molecule has 1 aliphatic heterocycles. The van der Waals surface area contributed by atoms with Crippen molar-refractivity contribution in [3.05, 3.63) is 46.6 Å². The van der Waals surface area contributed by atoms with Gasteiger partial charge in [-0.1, -0.05) is 38.2 Å². The van der Waals surface area contributed by atoms with Crippen LogP contribution < -0.4 is 0 Å². The van der Waals surface area contributed by atoms with Gasteiger partial charge in [0.1, 0.15) is 6.10 Å². The number of hydrogen-bond acceptors (Lipinski definition) is 4. The van der Waals surface area contributed by atoms with Gasteiger partial charge in [-0.25, -0.2) is 4.79 Å². The Balaban J connectivity index is 1.68. The van der Waals surface area contributed by atoms with Gasteiger partial charge >= 0.3 is 11.9 Å². The van der Waals surface area contributed by atoms with Crippen LogP contribution >= 0.6 is 0 Å². The fourth-order valence-electron chi connectivity index (χ4n) is 4.18. The molecular weight excluding hydrogens is 340 g/mol. The van der Waals surface area contributed by atoms with E-state index in [1.165, 1.54) is 11.1 Å². The van der Waals surface area contributed by atoms with Gasteiger partial charge in [0, 0.05) is 18.4 Å². The Morgan fingerprint density at radius 1 is 1.37 bits per heavy atom. The molecule has 27 heavy (non-hydrogen) atoms. The van der Waals surface area contributed by atoms with E-state index in [1.807, 2.05) is 13.0 Å². The molecule has 1 unspecified atom stereocenters. The van der Waals surface area contributed by atoms with E-state index in [0.717, 1.165) is 17.6 Å². The lowest BCUT2D eigenvalue weighted by molar-refractivity contribution is -0.149. The maximum atomic E-state index is 12.8. The normalized spacial score (nSPS) is 30.6. The number of cyclic esters (lactones) is 1. The predicted octanol–water partition coefficient (Wildman–Crippen LogP) is 4.68. The first kappa shape index (κ1) is 19.7. The van der Waals surface area contributed by atoms with Crippen molar-refractivity contribution < 1.29 is 19.1 Å². The van der Waals surface area contributed by atoms with Gasteiger partial charge in [0.05, 0.1) is 12.5 Å². The Morgan fingerprint density at radius 3 is 2.67 bits per heavy atom. The maximum Gasteiger partial charge on any atom is 0.333 e. The van der Waals surface area contributed by atoms with Crippen molar-refractivity contribution in [2.75, 3.05) is 6.61 Å². The van der Waals surface area contributed by atoms with E-state index < -0.39 is 0 Å². The van der Waals surface area contributed by atoms with Crippen LogP contribution in [0.15, 0.2) is 46.6 Å². The Bertz CT molecular complexity index is 774. The average Bonchev–Trinajstić information content (AvgIpc) is 2.80. The molecule has 3 atom stereocenters. The van der Waals surface area contributed by atoms with Crippen LogP contribution in [0.25, 0.3) is 0 Å². The Labute approximate surface area is 162 Å². The molecule has 4 nitrogen and oxygen atoms in total. The van der Waals surface area contributed by atoms with Crippen LogP contribution in [-0.4, -0.2) is 24.6 Å². The van der Waals surface area contributed by atoms with Crippen LogP contribution in [0, 0.1) is 17.3 Å². The molecule has 0 aromatic rings. The second kappa shape index (κ2) is 7.14. The van der Waals surface area contributed by atoms with E-state index >= 15 is 0 Å². The predicted molar refractivity (Wildman–Crippen MR) is 105 cm³/mol. The minimum Gasteiger partial charge on any atom is -0.462 e. The number of rotatable bonds is 5. The Hall–Kier alpha value is -2.10. The number of carbonyl (C=O) groups excluding carboxylic acids is 2. The van der Waals surface area contributed by atoms with Crippen molar-refractivity contribution in [1.82, 2.24) is 0 Å². The van der Waals surface area contributed by atoms with Crippen LogP contribution in [0.5, 0.6) is 0 Å². The quantitative estimate of drug-likeness (QED) is 0.401. The number of hydrogen-bond donors (Lipinski definition) is 0. The highest BCUT2D eigenvalue weighted by Crippen LogP contribution is 2.60. The van der Waals surface area contributed by atoms with E-state index in [1.54, 1.807) is 0 Å². The second-order valence-corrected chi connectivity index (χ2v) is 8.78. The summed E-state index contributed by atoms with van der Waals surface area (Å²) in [7, 11) is 0. The van der Waals surface area contributed by atoms with Gasteiger partial charge in [0.25, 0.3) is 0 Å². The molecule has 0 radical (unpaired) electrons. The minimum atomic E-state index is -0.250. The second-order valence-electron chi connectivity index (χ2n) is 8.78. The highest BCUT2D eigenvalue weighted by atomic mass is 16.5. The van der Waals surface area contributed by atoms with E-state index in [9.17, 15) is 9.59 Å². The lowest BCUT2D eigenvalue weighted by atomic mass is 10.0. The van der Waals surface area contributed by atoms with Gasteiger partial charge in [-0.15, -0.1) is 0 Å². The molecule has 0 aromatic heterocycles. The third-order valence-electron chi connectivity index (χ3n) is 6.20. The van der Waals surface area contributed by atoms with E-state index in [2.05, 4.69) is 40.3 Å². The zero-order valence-corrected chi connectivity index (χ0v) is 17.1. The third-order valence-corrected chi connectivity index (χ3v) is 6.20. The molecule has 0 N–H and O–H groups in total. The molecule has 3 aliphatic rings. The zero-order valence-electron chi connectivity index (χ0n) is 17.1. The summed E-state index contributed by atoms with van der Waals surface area (Å²) in [5.41, 5.74) is 5.15. The van der Waals surface area contributed by atoms with Crippen molar-refractivity contribution >= 4 is 11.9 Å². The zero-order chi connectivity index (χ0) is 19.9. The fourth-order valence-corrected chi connectivity index (χ4v) is 4.18. The van der Waals surface area contributed by atoms with E-state index in [0.29, 0.717) is 25.0 Å². The fraction of sp³-hybridized carbons (Fsp3) is 0.565. The summed E-state index contributed by atoms with van der Waals surface area (Å²) in [6, 6.07) is 0. The number of esters is 2. The first-order valence-corrected chi connectivity index (χ1v) is 9.72. The number of ether oxygens (including phenoxy) is 2. The highest BCUT2D eigenvalue weighted by Gasteiger charge is 2.62. The van der Waals surface area contributed by atoms with Gasteiger partial charge < -0.3 is 9.47 Å². The lowest BCUT2D eigenvalue weighted by Crippen LogP contribution is -2.20. The average molecular weight is 370 g/mol. The van der Waals surface area contributed by atoms with E-state index in [4.69, 9.17) is 9.47 Å². The summed E-state index contributed by atoms with van der Waals surface area (Å²) in [5.74, 6) is -0.598. The monoisotopic (exact) mass is 370 g/mol. The molecule has 0 aromatic carbocycles. The molecule has 0 amide bonds. The SMILES string of the molecule is C=C1CC(OC(=O)[C@@H]2[C@@H](C=C3CCOC3=O)C2(C)C)C(C)=C1CC=C(C)C. The topological polar surface area (TPSA) is 52.6 Å². The summed E-state index contributed by atoms with van der Waals surface area (Å²) < 4.78 is 10.9. The lowest BCUT2D eigenvalue weighted by Gasteiger charge is -2.14. The molecule has 1 saturated heterocycles. The van der Waals surface area contributed by atoms with Gasteiger partial charge in [0.15, 0.2) is 0 Å². The van der Waals surface area contributed by atoms with Crippen molar-refractivity contribution in [3.8, 4) is 0 Å². The summed E-state index contributed by atoms with van der Waals surface area (Å²) in [5, 5.41) is 0. The minimum absolute atomic E-state index is 0.0321. The first-order chi connectivity index (χ1) is 12.6. The van der Waals surface area contributed by atoms with Gasteiger partial charge in [-0.2, -0.15) is 0 Å². The standard InChI is InChI=1S/C23H30O4/c1-13(2)7-8-17-14(3)11-19(15(17)4)27-22(25)20-18(23(20,5)6)12-16-9-10-26-21(16)24/h7,12,18-20H,3,8-11H2,1-2,4-6H3/t18-,19?,20+/m1/s1. The van der Waals surface area contributed by atoms with Crippen molar-refractivity contribution in [2.24, 2.45) is 17.3 Å². The van der Waals surface area contributed by atoms with Gasteiger partial charge in [0.2, 0.25) is 0 Å². The molecule has 0 bridgehead atoms. The van der Waals surface area contributed by atoms with E-state index in [-0.39, 0.29) is 35.3 Å². The summed E-state index contributed by atoms with van der Waals surface area (Å²) in [4.78, 5) is 24.5. The molecule has 2 aliphatic carbocycles. The number of carbonyl (C=O) groups is 2. The Morgan fingerprint density at radius 2 is 2.07 bits per heavy atom. The highest BCUT2D eigenvalue weighted by molar-refractivity contribution is 5.90. The molecule has 1 heterocycles. The van der Waals surface area contributed by atoms with Crippen LogP contribution in [0.2, 0.25) is 0 Å². The van der Waals surface area contributed by atoms with Gasteiger partial charge in [-0.3, -0.25) is 4.79 Å². The molecule has 3 rings (SSSR count). The molecule has 1 saturated carbocycles. The third kappa shape index (κ3) is 3.80. The first-order valence-electron chi connectivity index (χ1n) is 9.72. The molecule has 4 heteroatoms. The van der Waals surface area contributed by atoms with Crippen LogP contribution in [0.1, 0.15) is 53.9 Å². The summed E-state index contributed by atoms with van der Waals surface area (Å²) in [6.45, 7) is 14.9. The molecule has 146 valence electrons. The van der Waals surface area contributed by atoms with Crippen molar-refractivity contribution in [3.63, 3.8) is 0 Å². The number of allylic oxidation sites excluding steroid dienone is 4.